The summed E-state index contributed by atoms with van der Waals surface area (Å²) in [6.07, 6.45) is 7.33. The van der Waals surface area contributed by atoms with Gasteiger partial charge >= 0.3 is 6.09 Å². The Bertz CT molecular complexity index is 1940. The van der Waals surface area contributed by atoms with Crippen molar-refractivity contribution in [2.75, 3.05) is 44.2 Å². The SMILES string of the molecule is CC(C)(C)OC(=O)N1CCN(C(=O)C(C)(C)Oc2cccc(N3CCC[C@@H](C(=O)N(Cc4ccc(-c5c[nH]c6ncccc56)cc4)C4CC4)C3)c2)CC1. The van der Waals surface area contributed by atoms with E-state index in [0.717, 1.165) is 65.6 Å². The van der Waals surface area contributed by atoms with E-state index in [1.54, 1.807) is 29.8 Å². The number of H-pyrrole nitrogens is 1. The first-order chi connectivity index (χ1) is 25.3. The van der Waals surface area contributed by atoms with Crippen molar-refractivity contribution in [1.29, 1.82) is 0 Å². The number of carbonyl (C=O) groups is 3. The molecule has 4 heterocycles. The largest absolute Gasteiger partial charge is 0.478 e. The minimum atomic E-state index is -1.11. The van der Waals surface area contributed by atoms with Gasteiger partial charge in [0.1, 0.15) is 17.0 Å². The third-order valence-electron chi connectivity index (χ3n) is 10.4. The van der Waals surface area contributed by atoms with Gasteiger partial charge in [-0.25, -0.2) is 9.78 Å². The van der Waals surface area contributed by atoms with Gasteiger partial charge in [-0.1, -0.05) is 30.3 Å². The number of aromatic nitrogens is 2. The Kier molecular flexibility index (Phi) is 10.1. The number of hydrogen-bond donors (Lipinski definition) is 1. The molecule has 0 unspecified atom stereocenters. The molecule has 7 rings (SSSR count). The Morgan fingerprint density at radius 1 is 0.887 bits per heavy atom. The van der Waals surface area contributed by atoms with Gasteiger partial charge in [-0.15, -0.1) is 0 Å². The van der Waals surface area contributed by atoms with Crippen molar-refractivity contribution in [3.8, 4) is 16.9 Å². The summed E-state index contributed by atoms with van der Waals surface area (Å²) in [5.74, 6) is 0.619. The number of anilines is 1. The molecule has 0 bridgehead atoms. The molecule has 2 saturated heterocycles. The van der Waals surface area contributed by atoms with Gasteiger partial charge in [0.05, 0.1) is 5.92 Å². The van der Waals surface area contributed by atoms with Crippen molar-refractivity contribution in [2.24, 2.45) is 5.92 Å². The van der Waals surface area contributed by atoms with E-state index in [4.69, 9.17) is 9.47 Å². The Hall–Kier alpha value is -5.06. The minimum Gasteiger partial charge on any atom is -0.478 e. The molecular formula is C42H52N6O5. The van der Waals surface area contributed by atoms with Gasteiger partial charge in [0.15, 0.2) is 5.60 Å². The lowest BCUT2D eigenvalue weighted by Crippen LogP contribution is -2.57. The number of nitrogens with zero attached hydrogens (tertiary/aromatic N) is 5. The van der Waals surface area contributed by atoms with Crippen LogP contribution in [0.3, 0.4) is 0 Å². The molecule has 11 heteroatoms. The van der Waals surface area contributed by atoms with E-state index in [2.05, 4.69) is 56.2 Å². The second-order valence-electron chi connectivity index (χ2n) is 16.2. The first kappa shape index (κ1) is 36.3. The lowest BCUT2D eigenvalue weighted by molar-refractivity contribution is -0.147. The standard InChI is InChI=1S/C42H52N6O5/c1-41(2,3)53-40(51)46-23-21-45(22-24-46)39(50)42(4,5)52-34-11-6-10-33(25-34)47-20-8-9-31(28-47)38(49)48(32-17-18-32)27-29-13-15-30(16-14-29)36-26-44-37-35(36)12-7-19-43-37/h6-7,10-16,19,25-26,31-32H,8-9,17-18,20-24,27-28H2,1-5H3,(H,43,44)/t31-/m1/s1. The number of rotatable bonds is 9. The molecule has 53 heavy (non-hydrogen) atoms. The molecule has 1 atom stereocenters. The molecule has 0 spiro atoms. The normalized spacial score (nSPS) is 18.2. The molecule has 1 aliphatic carbocycles. The van der Waals surface area contributed by atoms with Gasteiger partial charge in [-0.3, -0.25) is 9.59 Å². The Morgan fingerprint density at radius 2 is 1.62 bits per heavy atom. The molecule has 2 aromatic heterocycles. The smallest absolute Gasteiger partial charge is 0.410 e. The van der Waals surface area contributed by atoms with Crippen molar-refractivity contribution in [3.63, 3.8) is 0 Å². The van der Waals surface area contributed by atoms with Crippen LogP contribution in [0.25, 0.3) is 22.2 Å². The third-order valence-corrected chi connectivity index (χ3v) is 10.4. The summed E-state index contributed by atoms with van der Waals surface area (Å²) >= 11 is 0. The van der Waals surface area contributed by atoms with Crippen LogP contribution in [0.4, 0.5) is 10.5 Å². The maximum atomic E-state index is 14.2. The molecule has 1 N–H and O–H groups in total. The number of hydrogen-bond acceptors (Lipinski definition) is 7. The number of aromatic amines is 1. The Morgan fingerprint density at radius 3 is 2.34 bits per heavy atom. The van der Waals surface area contributed by atoms with Gasteiger partial charge in [0.25, 0.3) is 5.91 Å². The lowest BCUT2D eigenvalue weighted by Gasteiger charge is -2.39. The first-order valence-corrected chi connectivity index (χ1v) is 19.0. The second-order valence-corrected chi connectivity index (χ2v) is 16.2. The van der Waals surface area contributed by atoms with Gasteiger partial charge in [-0.05, 0) is 95.7 Å². The molecule has 11 nitrogen and oxygen atoms in total. The maximum Gasteiger partial charge on any atom is 0.410 e. The van der Waals surface area contributed by atoms with Gasteiger partial charge in [0.2, 0.25) is 5.91 Å². The zero-order chi connectivity index (χ0) is 37.3. The molecule has 2 aromatic carbocycles. The third kappa shape index (κ3) is 8.45. The fourth-order valence-electron chi connectivity index (χ4n) is 7.48. The van der Waals surface area contributed by atoms with Gasteiger partial charge in [-0.2, -0.15) is 0 Å². The highest BCUT2D eigenvalue weighted by Gasteiger charge is 2.39. The van der Waals surface area contributed by atoms with Crippen molar-refractivity contribution in [2.45, 2.75) is 84.1 Å². The number of piperazine rings is 1. The van der Waals surface area contributed by atoms with Crippen molar-refractivity contribution in [3.05, 3.63) is 78.6 Å². The molecule has 4 aromatic rings. The van der Waals surface area contributed by atoms with E-state index in [1.165, 1.54) is 0 Å². The highest BCUT2D eigenvalue weighted by atomic mass is 16.6. The van der Waals surface area contributed by atoms with Gasteiger partial charge < -0.3 is 34.1 Å². The summed E-state index contributed by atoms with van der Waals surface area (Å²) < 4.78 is 11.9. The Labute approximate surface area is 312 Å². The Balaban J connectivity index is 0.960. The fourth-order valence-corrected chi connectivity index (χ4v) is 7.48. The highest BCUT2D eigenvalue weighted by Crippen LogP contribution is 2.34. The minimum absolute atomic E-state index is 0.0933. The molecule has 0 radical (unpaired) electrons. The van der Waals surface area contributed by atoms with Crippen molar-refractivity contribution < 1.29 is 23.9 Å². The number of carbonyl (C=O) groups excluding carboxylic acids is 3. The summed E-state index contributed by atoms with van der Waals surface area (Å²) in [5.41, 5.74) is 3.56. The van der Waals surface area contributed by atoms with Crippen LogP contribution in [-0.2, 0) is 20.9 Å². The van der Waals surface area contributed by atoms with Crippen LogP contribution < -0.4 is 9.64 Å². The number of pyridine rings is 1. The van der Waals surface area contributed by atoms with Crippen LogP contribution in [-0.4, -0.2) is 99.1 Å². The van der Waals surface area contributed by atoms with E-state index in [1.807, 2.05) is 51.2 Å². The van der Waals surface area contributed by atoms with Crippen LogP contribution in [0.2, 0.25) is 0 Å². The average molecular weight is 721 g/mol. The summed E-state index contributed by atoms with van der Waals surface area (Å²) in [7, 11) is 0. The van der Waals surface area contributed by atoms with Crippen LogP contribution in [0.5, 0.6) is 5.75 Å². The molecule has 280 valence electrons. The number of fused-ring (bicyclic) bond motifs is 1. The monoisotopic (exact) mass is 720 g/mol. The topological polar surface area (TPSA) is 111 Å². The van der Waals surface area contributed by atoms with Crippen molar-refractivity contribution >= 4 is 34.6 Å². The van der Waals surface area contributed by atoms with Crippen LogP contribution in [0.1, 0.15) is 65.9 Å². The molecular weight excluding hydrogens is 668 g/mol. The molecule has 3 amide bonds. The van der Waals surface area contributed by atoms with Gasteiger partial charge in [0, 0.05) is 87.0 Å². The van der Waals surface area contributed by atoms with Crippen LogP contribution >= 0.6 is 0 Å². The van der Waals surface area contributed by atoms with E-state index in [0.29, 0.717) is 51.1 Å². The predicted octanol–water partition coefficient (Wildman–Crippen LogP) is 6.87. The van der Waals surface area contributed by atoms with E-state index in [-0.39, 0.29) is 23.8 Å². The number of benzene rings is 2. The van der Waals surface area contributed by atoms with E-state index >= 15 is 0 Å². The summed E-state index contributed by atoms with van der Waals surface area (Å²) in [5, 5.41) is 1.10. The van der Waals surface area contributed by atoms with E-state index in [9.17, 15) is 14.4 Å². The zero-order valence-electron chi connectivity index (χ0n) is 31.6. The van der Waals surface area contributed by atoms with Crippen molar-refractivity contribution in [1.82, 2.24) is 24.7 Å². The number of ether oxygens (including phenoxy) is 2. The quantitative estimate of drug-likeness (QED) is 0.201. The zero-order valence-corrected chi connectivity index (χ0v) is 31.6. The number of nitrogens with one attached hydrogen (secondary N) is 1. The molecule has 3 fully saturated rings. The van der Waals surface area contributed by atoms with Crippen LogP contribution in [0.15, 0.2) is 73.1 Å². The maximum absolute atomic E-state index is 14.2. The molecule has 3 aliphatic rings. The molecule has 1 saturated carbocycles. The average Bonchev–Trinajstić information content (AvgIpc) is 3.90. The number of piperidine rings is 1. The number of amides is 3. The molecule has 2 aliphatic heterocycles. The van der Waals surface area contributed by atoms with Crippen LogP contribution in [0, 0.1) is 5.92 Å². The lowest BCUT2D eigenvalue weighted by atomic mass is 9.95. The predicted molar refractivity (Wildman–Crippen MR) is 206 cm³/mol. The summed E-state index contributed by atoms with van der Waals surface area (Å²) in [6.45, 7) is 12.9. The summed E-state index contributed by atoms with van der Waals surface area (Å²) in [6, 6.07) is 20.7. The highest BCUT2D eigenvalue weighted by molar-refractivity contribution is 5.93. The van der Waals surface area contributed by atoms with E-state index < -0.39 is 11.2 Å². The summed E-state index contributed by atoms with van der Waals surface area (Å²) in [4.78, 5) is 55.7. The fraction of sp³-hybridized carbons (Fsp3) is 0.476. The second kappa shape index (κ2) is 14.8. The first-order valence-electron chi connectivity index (χ1n) is 19.0.